The normalized spacial score (nSPS) is 10.4. The van der Waals surface area contributed by atoms with Crippen LogP contribution in [0.2, 0.25) is 19.6 Å². The maximum absolute atomic E-state index is 10.0. The monoisotopic (exact) mass is 2860 g/mol. The molecule has 0 fully saturated rings. The first-order chi connectivity index (χ1) is 63.2. The third-order valence-corrected chi connectivity index (χ3v) is 21.8. The molecule has 785 valence electrons. The van der Waals surface area contributed by atoms with Crippen LogP contribution in [0.5, 0.6) is 0 Å². The number of aliphatic hydroxyl groups excluding tert-OH is 5. The van der Waals surface area contributed by atoms with Crippen LogP contribution in [0.25, 0.3) is 111 Å². The molecular formula is C124H150Ir5N5O10Si-5. The largest absolute Gasteiger partial charge is 0.512 e. The summed E-state index contributed by atoms with van der Waals surface area (Å²) in [5, 5.41) is 49.3. The molecule has 21 heteroatoms. The molecule has 0 amide bonds. The minimum Gasteiger partial charge on any atom is -0.512 e. The second kappa shape index (κ2) is 68.3. The summed E-state index contributed by atoms with van der Waals surface area (Å²) in [5.41, 5.74) is 35.2. The average molecular weight is 2860 g/mol. The van der Waals surface area contributed by atoms with Crippen molar-refractivity contribution in [1.29, 1.82) is 0 Å². The molecule has 0 aliphatic carbocycles. The van der Waals surface area contributed by atoms with Crippen LogP contribution in [-0.2, 0) is 124 Å². The molecule has 5 N–H and O–H groups in total. The number of hydrogen-bond donors (Lipinski definition) is 5. The van der Waals surface area contributed by atoms with Gasteiger partial charge >= 0.3 is 0 Å². The van der Waals surface area contributed by atoms with Crippen molar-refractivity contribution < 1.29 is 150 Å². The van der Waals surface area contributed by atoms with Crippen molar-refractivity contribution in [3.05, 3.63) is 379 Å². The Labute approximate surface area is 935 Å². The SMILES string of the molecule is C.C.C.C.C.CC(=O)C=C(C)O.CC(=O)C=C(C)O.CC(=O)C=C(C)O.CC(=O)C=C(C)O.CC(=O)C=C(C)O.Cc1[c-]c(-c2cc(C)c3ccc(C)cc3n2)cc(C)c1.Cc1[c-]c(-c2ccc3c(C)cc(C)cc3n2)cc(C)c1.Cc1[c-]c(-c2ccc3cc(C)ccc3n2)cc(C)c1.Cc1[c-]c(-c2ccc3cc([Si](C)(C)C)ccc3n2)cc(C)c1.Cc1[c-]c(-c2ccc3ccc(C)cc3n2)cc(C)c1.[Ir].[Ir].[Ir].[Ir].[Ir]. The van der Waals surface area contributed by atoms with Crippen LogP contribution in [0.15, 0.2) is 259 Å². The number of aromatic nitrogens is 5. The summed E-state index contributed by atoms with van der Waals surface area (Å²) in [4.78, 5) is 74.1. The summed E-state index contributed by atoms with van der Waals surface area (Å²) in [6.45, 7) is 55.0. The van der Waals surface area contributed by atoms with Gasteiger partial charge in [-0.3, -0.25) is 48.9 Å². The summed E-state index contributed by atoms with van der Waals surface area (Å²) >= 11 is 0. The third-order valence-electron chi connectivity index (χ3n) is 19.8. The van der Waals surface area contributed by atoms with Gasteiger partial charge in [-0.1, -0.05) is 240 Å². The zero-order valence-corrected chi connectivity index (χ0v) is 98.6. The minimum atomic E-state index is -1.28. The number of nitrogens with zero attached hydrogens (tertiary/aromatic N) is 5. The number of allylic oxidation sites excluding steroid dienone is 10. The average Bonchev–Trinajstić information content (AvgIpc) is 0.800. The smallest absolute Gasteiger partial charge is 0.155 e. The molecule has 0 saturated carbocycles. The van der Waals surface area contributed by atoms with Crippen molar-refractivity contribution in [3.8, 4) is 56.3 Å². The summed E-state index contributed by atoms with van der Waals surface area (Å²) in [6, 6.07) is 87.7. The molecule has 0 spiro atoms. The summed E-state index contributed by atoms with van der Waals surface area (Å²) in [5.74, 6) is -0.312. The van der Waals surface area contributed by atoms with Crippen molar-refractivity contribution in [2.75, 3.05) is 0 Å². The summed E-state index contributed by atoms with van der Waals surface area (Å²) in [7, 11) is -1.28. The van der Waals surface area contributed by atoms with Crippen LogP contribution in [0, 0.1) is 141 Å². The zero-order valence-electron chi connectivity index (χ0n) is 85.6. The van der Waals surface area contributed by atoms with E-state index in [0.717, 1.165) is 112 Å². The molecule has 5 heterocycles. The molecule has 0 aliphatic rings. The second-order valence-electron chi connectivity index (χ2n) is 35.6. The van der Waals surface area contributed by atoms with E-state index in [1.54, 1.807) is 0 Å². The standard InChI is InChI=1S/C20H22NSi.2C19H18N.2C18H16N.5C5H8O2.5CH4.5Ir/c1-14-10-15(2)12-17(11-14)20-8-6-16-13-18(22(3,4)5)7-9-19(16)21-20;1-12-7-13(2)10-16(9-12)18-6-5-17-15(4)8-14(3)11-19(17)20-18;1-12-5-6-17-15(4)11-18(20-19(17)10-12)16-8-13(2)7-14(3)9-16;1-12-4-6-17-15(9-12)5-7-18(19-17)16-10-13(2)8-14(3)11-16;1-12-4-5-15-6-7-17(19-18(15)11-12)16-9-13(2)8-14(3)10-16;5*1-4(6)3-5(2)7;;;;;;;;;;/h6-11,13H,1-5H3;5-9,11H,1-4H3;5-8,10-11H,1-4H3;4-10H,1-3H3;4-9,11H,1-3H3;5*3,6H,1-2H3;5*1H4;;;;;/q5*-1;;;;;;;;;;;;;;;. The maximum atomic E-state index is 10.0. The number of aliphatic hydroxyl groups is 5. The molecule has 0 bridgehead atoms. The number of benzene rings is 10. The van der Waals surface area contributed by atoms with Crippen LogP contribution >= 0.6 is 0 Å². The number of ketones is 5. The Kier molecular flexibility index (Phi) is 66.9. The van der Waals surface area contributed by atoms with Gasteiger partial charge in [0.05, 0.1) is 64.5 Å². The Morgan fingerprint density at radius 2 is 0.462 bits per heavy atom. The van der Waals surface area contributed by atoms with Gasteiger partial charge in [0.2, 0.25) is 0 Å². The van der Waals surface area contributed by atoms with Crippen LogP contribution in [-0.4, -0.2) is 87.4 Å². The Morgan fingerprint density at radius 3 is 0.772 bits per heavy atom. The first-order valence-electron chi connectivity index (χ1n) is 44.6. The topological polar surface area (TPSA) is 251 Å². The van der Waals surface area contributed by atoms with E-state index < -0.39 is 8.07 Å². The number of fused-ring (bicyclic) bond motifs is 5. The summed E-state index contributed by atoms with van der Waals surface area (Å²) in [6.07, 6.45) is 5.83. The number of pyridine rings is 5. The van der Waals surface area contributed by atoms with E-state index in [2.05, 4.69) is 361 Å². The van der Waals surface area contributed by atoms with Crippen LogP contribution in [0.1, 0.15) is 195 Å². The third kappa shape index (κ3) is 51.1. The van der Waals surface area contributed by atoms with Gasteiger partial charge in [0.1, 0.15) is 0 Å². The quantitative estimate of drug-likeness (QED) is 0.0349. The molecule has 15 aromatic rings. The maximum Gasteiger partial charge on any atom is 0.155 e. The Hall–Kier alpha value is -11.2. The van der Waals surface area contributed by atoms with E-state index in [0.29, 0.717) is 0 Å². The number of rotatable bonds is 11. The molecule has 5 radical (unpaired) electrons. The van der Waals surface area contributed by atoms with Crippen molar-refractivity contribution in [2.45, 2.75) is 237 Å². The fourth-order valence-electron chi connectivity index (χ4n) is 14.5. The van der Waals surface area contributed by atoms with Crippen molar-refractivity contribution in [2.24, 2.45) is 0 Å². The van der Waals surface area contributed by atoms with Crippen LogP contribution in [0.4, 0.5) is 0 Å². The van der Waals surface area contributed by atoms with E-state index in [1.165, 1.54) is 193 Å². The van der Waals surface area contributed by atoms with E-state index in [4.69, 9.17) is 50.5 Å². The van der Waals surface area contributed by atoms with Crippen molar-refractivity contribution in [1.82, 2.24) is 24.9 Å². The van der Waals surface area contributed by atoms with Crippen molar-refractivity contribution in [3.63, 3.8) is 0 Å². The van der Waals surface area contributed by atoms with Gasteiger partial charge < -0.3 is 25.5 Å². The Bertz CT molecular complexity index is 6690. The predicted octanol–water partition coefficient (Wildman–Crippen LogP) is 32.3. The van der Waals surface area contributed by atoms with Crippen molar-refractivity contribution >= 4 is 96.7 Å². The van der Waals surface area contributed by atoms with Gasteiger partial charge in [0.25, 0.3) is 0 Å². The molecule has 15 rings (SSSR count). The molecule has 0 atom stereocenters. The van der Waals surface area contributed by atoms with E-state index >= 15 is 0 Å². The summed E-state index contributed by atoms with van der Waals surface area (Å²) < 4.78 is 0. The molecule has 0 unspecified atom stereocenters. The van der Waals surface area contributed by atoms with Gasteiger partial charge in [0, 0.05) is 142 Å². The van der Waals surface area contributed by atoms with Crippen LogP contribution in [0.3, 0.4) is 0 Å². The molecular weight excluding hydrogens is 2710 g/mol. The van der Waals surface area contributed by atoms with Gasteiger partial charge in [-0.15, -0.1) is 174 Å². The van der Waals surface area contributed by atoms with Gasteiger partial charge in [-0.05, 0) is 220 Å². The fraction of sp³-hybridized carbons (Fsp3) is 0.274. The Balaban J connectivity index is -0.000000512. The number of carbonyl (C=O) groups excluding carboxylic acids is 5. The van der Waals surface area contributed by atoms with Gasteiger partial charge in [-0.2, -0.15) is 0 Å². The molecule has 5 aromatic heterocycles. The Morgan fingerprint density at radius 1 is 0.234 bits per heavy atom. The van der Waals surface area contributed by atoms with Gasteiger partial charge in [-0.25, -0.2) is 0 Å². The molecule has 10 aromatic carbocycles. The number of aryl methyl sites for hydroxylation is 16. The first kappa shape index (κ1) is 142. The number of hydrogen-bond acceptors (Lipinski definition) is 15. The van der Waals surface area contributed by atoms with E-state index in [-0.39, 0.29) is 195 Å². The number of carbonyl (C=O) groups is 5. The second-order valence-corrected chi connectivity index (χ2v) is 40.7. The fourth-order valence-corrected chi connectivity index (χ4v) is 15.7. The van der Waals surface area contributed by atoms with Crippen LogP contribution < -0.4 is 5.19 Å². The first-order valence-corrected chi connectivity index (χ1v) is 48.1. The van der Waals surface area contributed by atoms with E-state index in [1.807, 2.05) is 0 Å². The predicted molar refractivity (Wildman–Crippen MR) is 598 cm³/mol. The van der Waals surface area contributed by atoms with Gasteiger partial charge in [0.15, 0.2) is 28.9 Å². The minimum absolute atomic E-state index is 0. The molecule has 0 saturated heterocycles. The van der Waals surface area contributed by atoms with E-state index in [9.17, 15) is 24.0 Å². The zero-order chi connectivity index (χ0) is 101. The molecule has 145 heavy (non-hydrogen) atoms. The molecule has 15 nitrogen and oxygen atoms in total. The molecule has 0 aliphatic heterocycles.